The maximum Gasteiger partial charge on any atom is 0.312 e. The lowest BCUT2D eigenvalue weighted by molar-refractivity contribution is -0.141. The number of nitrogens with zero attached hydrogens (tertiary/aromatic N) is 1. The van der Waals surface area contributed by atoms with Crippen LogP contribution >= 0.6 is 0 Å². The number of carbonyl (C=O) groups excluding carboxylic acids is 1. The molecule has 0 aromatic heterocycles. The summed E-state index contributed by atoms with van der Waals surface area (Å²) in [5, 5.41) is 9.22. The van der Waals surface area contributed by atoms with Gasteiger partial charge in [-0.2, -0.15) is 0 Å². The quantitative estimate of drug-likeness (QED) is 0.844. The Labute approximate surface area is 99.9 Å². The fourth-order valence-corrected chi connectivity index (χ4v) is 2.23. The lowest BCUT2D eigenvalue weighted by Gasteiger charge is -2.32. The van der Waals surface area contributed by atoms with Crippen LogP contribution < -0.4 is 0 Å². The van der Waals surface area contributed by atoms with Crippen molar-refractivity contribution in [3.8, 4) is 0 Å². The van der Waals surface area contributed by atoms with E-state index in [2.05, 4.69) is 0 Å². The number of carbonyl (C=O) groups is 2. The number of fused-ring (bicyclic) bond motifs is 1. The van der Waals surface area contributed by atoms with Crippen molar-refractivity contribution >= 4 is 11.9 Å². The molecule has 1 amide bonds. The maximum atomic E-state index is 11.7. The highest BCUT2D eigenvalue weighted by Crippen LogP contribution is 2.28. The first-order chi connectivity index (χ1) is 8.13. The molecule has 90 valence electrons. The van der Waals surface area contributed by atoms with E-state index >= 15 is 0 Å². The highest BCUT2D eigenvalue weighted by Gasteiger charge is 2.31. The molecule has 1 atom stereocenters. The Morgan fingerprint density at radius 1 is 1.41 bits per heavy atom. The summed E-state index contributed by atoms with van der Waals surface area (Å²) in [5.74, 6) is -1.47. The lowest BCUT2D eigenvalue weighted by Crippen LogP contribution is -2.40. The molecular weight excluding hydrogens is 218 g/mol. The minimum atomic E-state index is -0.869. The van der Waals surface area contributed by atoms with Gasteiger partial charge in [-0.3, -0.25) is 9.59 Å². The number of aliphatic carboxylic acids is 1. The Balaban J connectivity index is 2.36. The minimum Gasteiger partial charge on any atom is -0.481 e. The molecule has 1 heterocycles. The SMILES string of the molecule is CCC(=O)N1Cc2ccccc2C(C(=O)O)C1. The predicted octanol–water partition coefficient (Wildman–Crippen LogP) is 1.61. The number of rotatable bonds is 2. The maximum absolute atomic E-state index is 11.7. The van der Waals surface area contributed by atoms with Crippen molar-refractivity contribution in [2.24, 2.45) is 0 Å². The van der Waals surface area contributed by atoms with Gasteiger partial charge < -0.3 is 10.0 Å². The number of hydrogen-bond acceptors (Lipinski definition) is 2. The van der Waals surface area contributed by atoms with E-state index in [1.165, 1.54) is 0 Å². The molecule has 0 radical (unpaired) electrons. The largest absolute Gasteiger partial charge is 0.481 e. The van der Waals surface area contributed by atoms with Crippen LogP contribution in [-0.4, -0.2) is 28.4 Å². The van der Waals surface area contributed by atoms with Crippen LogP contribution in [0, 0.1) is 0 Å². The molecule has 17 heavy (non-hydrogen) atoms. The smallest absolute Gasteiger partial charge is 0.312 e. The van der Waals surface area contributed by atoms with Gasteiger partial charge in [-0.25, -0.2) is 0 Å². The van der Waals surface area contributed by atoms with Crippen molar-refractivity contribution in [1.29, 1.82) is 0 Å². The molecule has 0 saturated heterocycles. The zero-order chi connectivity index (χ0) is 12.4. The highest BCUT2D eigenvalue weighted by molar-refractivity contribution is 5.81. The van der Waals surface area contributed by atoms with E-state index in [-0.39, 0.29) is 12.5 Å². The molecule has 0 aliphatic carbocycles. The fraction of sp³-hybridized carbons (Fsp3) is 0.385. The molecule has 0 fully saturated rings. The molecule has 4 nitrogen and oxygen atoms in total. The van der Waals surface area contributed by atoms with Crippen LogP contribution in [0.1, 0.15) is 30.4 Å². The topological polar surface area (TPSA) is 57.6 Å². The van der Waals surface area contributed by atoms with Crippen LogP contribution in [0.25, 0.3) is 0 Å². The standard InChI is InChI=1S/C13H15NO3/c1-2-12(15)14-7-9-5-3-4-6-10(9)11(8-14)13(16)17/h3-6,11H,2,7-8H2,1H3,(H,16,17). The molecule has 1 aliphatic heterocycles. The van der Waals surface area contributed by atoms with Crippen molar-refractivity contribution in [2.75, 3.05) is 6.54 Å². The number of benzene rings is 1. The van der Waals surface area contributed by atoms with Crippen molar-refractivity contribution in [3.63, 3.8) is 0 Å². The first-order valence-electron chi connectivity index (χ1n) is 5.72. The third-order valence-corrected chi connectivity index (χ3v) is 3.15. The summed E-state index contributed by atoms with van der Waals surface area (Å²) in [6.07, 6.45) is 0.411. The molecule has 1 aliphatic rings. The van der Waals surface area contributed by atoms with E-state index in [1.807, 2.05) is 24.3 Å². The van der Waals surface area contributed by atoms with Crippen LogP contribution in [0.5, 0.6) is 0 Å². The van der Waals surface area contributed by atoms with E-state index < -0.39 is 11.9 Å². The third-order valence-electron chi connectivity index (χ3n) is 3.15. The second-order valence-corrected chi connectivity index (χ2v) is 4.22. The van der Waals surface area contributed by atoms with Crippen LogP contribution in [-0.2, 0) is 16.1 Å². The number of carboxylic acid groups (broad SMARTS) is 1. The van der Waals surface area contributed by atoms with E-state index in [4.69, 9.17) is 0 Å². The fourth-order valence-electron chi connectivity index (χ4n) is 2.23. The number of carboxylic acids is 1. The summed E-state index contributed by atoms with van der Waals surface area (Å²) in [7, 11) is 0. The zero-order valence-corrected chi connectivity index (χ0v) is 9.72. The van der Waals surface area contributed by atoms with Gasteiger partial charge in [0.1, 0.15) is 0 Å². The van der Waals surface area contributed by atoms with Gasteiger partial charge in [-0.1, -0.05) is 31.2 Å². The summed E-state index contributed by atoms with van der Waals surface area (Å²) in [4.78, 5) is 24.5. The van der Waals surface area contributed by atoms with Gasteiger partial charge in [0.25, 0.3) is 0 Å². The molecule has 1 aromatic carbocycles. The van der Waals surface area contributed by atoms with Gasteiger partial charge in [-0.05, 0) is 11.1 Å². The van der Waals surface area contributed by atoms with Gasteiger partial charge >= 0.3 is 5.97 Å². The van der Waals surface area contributed by atoms with Gasteiger partial charge in [0, 0.05) is 19.5 Å². The average molecular weight is 233 g/mol. The Bertz CT molecular complexity index is 456. The molecule has 1 aromatic rings. The van der Waals surface area contributed by atoms with Crippen molar-refractivity contribution in [1.82, 2.24) is 4.90 Å². The molecule has 0 bridgehead atoms. The van der Waals surface area contributed by atoms with E-state index in [9.17, 15) is 14.7 Å². The summed E-state index contributed by atoms with van der Waals surface area (Å²) in [5.41, 5.74) is 1.77. The first kappa shape index (κ1) is 11.6. The van der Waals surface area contributed by atoms with Crippen LogP contribution in [0.15, 0.2) is 24.3 Å². The van der Waals surface area contributed by atoms with Gasteiger partial charge in [0.2, 0.25) is 5.91 Å². The van der Waals surface area contributed by atoms with Crippen LogP contribution in [0.2, 0.25) is 0 Å². The first-order valence-corrected chi connectivity index (χ1v) is 5.72. The molecule has 1 N–H and O–H groups in total. The monoisotopic (exact) mass is 233 g/mol. The third kappa shape index (κ3) is 2.16. The molecule has 1 unspecified atom stereocenters. The Kier molecular flexibility index (Phi) is 3.13. The summed E-state index contributed by atoms with van der Waals surface area (Å²) in [6, 6.07) is 7.44. The van der Waals surface area contributed by atoms with E-state index in [0.29, 0.717) is 13.0 Å². The van der Waals surface area contributed by atoms with Crippen molar-refractivity contribution in [3.05, 3.63) is 35.4 Å². The minimum absolute atomic E-state index is 0.00533. The number of hydrogen-bond donors (Lipinski definition) is 1. The Morgan fingerprint density at radius 2 is 2.12 bits per heavy atom. The Hall–Kier alpha value is -1.84. The second-order valence-electron chi connectivity index (χ2n) is 4.22. The van der Waals surface area contributed by atoms with Gasteiger partial charge in [-0.15, -0.1) is 0 Å². The molecular formula is C13H15NO3. The summed E-state index contributed by atoms with van der Waals surface area (Å²) < 4.78 is 0. The molecule has 0 saturated carbocycles. The van der Waals surface area contributed by atoms with Crippen LogP contribution in [0.3, 0.4) is 0 Å². The van der Waals surface area contributed by atoms with E-state index in [0.717, 1.165) is 11.1 Å². The lowest BCUT2D eigenvalue weighted by atomic mass is 9.89. The second kappa shape index (κ2) is 4.57. The Morgan fingerprint density at radius 3 is 2.76 bits per heavy atom. The summed E-state index contributed by atoms with van der Waals surface area (Å²) >= 11 is 0. The highest BCUT2D eigenvalue weighted by atomic mass is 16.4. The van der Waals surface area contributed by atoms with Crippen molar-refractivity contribution < 1.29 is 14.7 Å². The zero-order valence-electron chi connectivity index (χ0n) is 9.72. The molecule has 4 heteroatoms. The van der Waals surface area contributed by atoms with Gasteiger partial charge in [0.05, 0.1) is 5.92 Å². The number of amides is 1. The average Bonchev–Trinajstić information content (AvgIpc) is 2.36. The summed E-state index contributed by atoms with van der Waals surface area (Å²) in [6.45, 7) is 2.59. The van der Waals surface area contributed by atoms with Crippen LogP contribution in [0.4, 0.5) is 0 Å². The van der Waals surface area contributed by atoms with Gasteiger partial charge in [0.15, 0.2) is 0 Å². The predicted molar refractivity (Wildman–Crippen MR) is 62.5 cm³/mol. The van der Waals surface area contributed by atoms with Crippen molar-refractivity contribution in [2.45, 2.75) is 25.8 Å². The molecule has 2 rings (SSSR count). The normalized spacial score (nSPS) is 18.6. The molecule has 0 spiro atoms. The van der Waals surface area contributed by atoms with E-state index in [1.54, 1.807) is 11.8 Å².